The number of carbonyl (C=O) groups excluding carboxylic acids is 1. The maximum absolute atomic E-state index is 11.6. The molecule has 4 heteroatoms. The molecule has 0 aliphatic carbocycles. The fourth-order valence-corrected chi connectivity index (χ4v) is 1.90. The summed E-state index contributed by atoms with van der Waals surface area (Å²) in [4.78, 5) is 13.4. The van der Waals surface area contributed by atoms with Gasteiger partial charge in [-0.15, -0.1) is 0 Å². The second-order valence-corrected chi connectivity index (χ2v) is 4.75. The number of carbonyl (C=O) groups is 1. The Morgan fingerprint density at radius 3 is 2.67 bits per heavy atom. The molecule has 4 nitrogen and oxygen atoms in total. The summed E-state index contributed by atoms with van der Waals surface area (Å²) in [5.74, 6) is 1.25. The zero-order chi connectivity index (χ0) is 11.4. The van der Waals surface area contributed by atoms with Gasteiger partial charge in [0.05, 0.1) is 6.04 Å². The number of nitrogens with one attached hydrogen (secondary N) is 1. The molecule has 1 heterocycles. The molecule has 15 heavy (non-hydrogen) atoms. The number of nitrogens with zero attached hydrogens (tertiary/aromatic N) is 1. The first-order valence-electron chi connectivity index (χ1n) is 5.74. The van der Waals surface area contributed by atoms with Gasteiger partial charge in [-0.3, -0.25) is 4.79 Å². The zero-order valence-electron chi connectivity index (χ0n) is 9.99. The number of nitrogens with two attached hydrogens (primary N) is 1. The first-order valence-corrected chi connectivity index (χ1v) is 5.74. The summed E-state index contributed by atoms with van der Waals surface area (Å²) in [6, 6.07) is 0.0165. The lowest BCUT2D eigenvalue weighted by atomic mass is 9.96. The van der Waals surface area contributed by atoms with E-state index >= 15 is 0 Å². The molecule has 0 saturated carbocycles. The molecule has 0 radical (unpaired) electrons. The van der Waals surface area contributed by atoms with Crippen LogP contribution in [0.15, 0.2) is 0 Å². The highest BCUT2D eigenvalue weighted by Crippen LogP contribution is 2.11. The van der Waals surface area contributed by atoms with E-state index in [0.717, 1.165) is 19.5 Å². The Balaban J connectivity index is 2.33. The molecule has 88 valence electrons. The highest BCUT2D eigenvalue weighted by Gasteiger charge is 2.29. The van der Waals surface area contributed by atoms with Gasteiger partial charge in [-0.05, 0) is 24.8 Å². The van der Waals surface area contributed by atoms with Crippen molar-refractivity contribution in [2.24, 2.45) is 17.6 Å². The van der Waals surface area contributed by atoms with E-state index in [4.69, 9.17) is 5.73 Å². The van der Waals surface area contributed by atoms with Gasteiger partial charge in [0, 0.05) is 20.1 Å². The molecule has 1 amide bonds. The van der Waals surface area contributed by atoms with Gasteiger partial charge >= 0.3 is 0 Å². The Morgan fingerprint density at radius 1 is 1.60 bits per heavy atom. The molecule has 2 unspecified atom stereocenters. The third-order valence-electron chi connectivity index (χ3n) is 3.30. The van der Waals surface area contributed by atoms with Gasteiger partial charge in [-0.25, -0.2) is 0 Å². The van der Waals surface area contributed by atoms with E-state index in [1.165, 1.54) is 0 Å². The third-order valence-corrected chi connectivity index (χ3v) is 3.30. The summed E-state index contributed by atoms with van der Waals surface area (Å²) in [5, 5.41) is 3.32. The maximum atomic E-state index is 11.6. The van der Waals surface area contributed by atoms with Crippen LogP contribution in [0, 0.1) is 11.8 Å². The number of rotatable bonds is 5. The number of hydrogen-bond donors (Lipinski definition) is 2. The number of likely N-dealkylation sites (tertiary alicyclic amines) is 1. The standard InChI is InChI=1S/C11H23N3O/c1-8(2)9(6-12)7-13-10-4-5-14(3)11(10)15/h8-10,13H,4-7,12H2,1-3H3. The van der Waals surface area contributed by atoms with Crippen LogP contribution in [-0.4, -0.2) is 43.5 Å². The van der Waals surface area contributed by atoms with Crippen LogP contribution in [0.2, 0.25) is 0 Å². The summed E-state index contributed by atoms with van der Waals surface area (Å²) in [7, 11) is 1.85. The van der Waals surface area contributed by atoms with E-state index in [-0.39, 0.29) is 11.9 Å². The summed E-state index contributed by atoms with van der Waals surface area (Å²) in [6.07, 6.45) is 0.921. The normalized spacial score (nSPS) is 23.9. The molecule has 0 aromatic carbocycles. The van der Waals surface area contributed by atoms with Gasteiger partial charge in [0.25, 0.3) is 0 Å². The lowest BCUT2D eigenvalue weighted by molar-refractivity contribution is -0.128. The second-order valence-electron chi connectivity index (χ2n) is 4.75. The zero-order valence-corrected chi connectivity index (χ0v) is 9.99. The third kappa shape index (κ3) is 3.18. The van der Waals surface area contributed by atoms with E-state index in [1.54, 1.807) is 4.90 Å². The number of amides is 1. The van der Waals surface area contributed by atoms with E-state index in [1.807, 2.05) is 7.05 Å². The van der Waals surface area contributed by atoms with Crippen molar-refractivity contribution in [3.63, 3.8) is 0 Å². The van der Waals surface area contributed by atoms with Gasteiger partial charge in [0.2, 0.25) is 5.91 Å². The molecular weight excluding hydrogens is 190 g/mol. The highest BCUT2D eigenvalue weighted by atomic mass is 16.2. The van der Waals surface area contributed by atoms with E-state index in [2.05, 4.69) is 19.2 Å². The van der Waals surface area contributed by atoms with Crippen molar-refractivity contribution in [3.05, 3.63) is 0 Å². The van der Waals surface area contributed by atoms with Crippen LogP contribution in [0.1, 0.15) is 20.3 Å². The van der Waals surface area contributed by atoms with Gasteiger partial charge in [0.15, 0.2) is 0 Å². The lowest BCUT2D eigenvalue weighted by Crippen LogP contribution is -2.41. The number of likely N-dealkylation sites (N-methyl/N-ethyl adjacent to an activating group) is 1. The van der Waals surface area contributed by atoms with E-state index in [0.29, 0.717) is 18.4 Å². The van der Waals surface area contributed by atoms with Crippen LogP contribution in [0.5, 0.6) is 0 Å². The molecule has 0 aromatic rings. The van der Waals surface area contributed by atoms with Gasteiger partial charge in [0.1, 0.15) is 0 Å². The summed E-state index contributed by atoms with van der Waals surface area (Å²) >= 11 is 0. The molecular formula is C11H23N3O. The van der Waals surface area contributed by atoms with Crippen molar-refractivity contribution in [3.8, 4) is 0 Å². The molecule has 1 fully saturated rings. The van der Waals surface area contributed by atoms with Gasteiger partial charge in [-0.1, -0.05) is 13.8 Å². The minimum Gasteiger partial charge on any atom is -0.344 e. The molecule has 0 aromatic heterocycles. The van der Waals surface area contributed by atoms with E-state index in [9.17, 15) is 4.79 Å². The summed E-state index contributed by atoms with van der Waals surface area (Å²) in [5.41, 5.74) is 5.69. The van der Waals surface area contributed by atoms with E-state index < -0.39 is 0 Å². The first kappa shape index (κ1) is 12.5. The Labute approximate surface area is 92.2 Å². The SMILES string of the molecule is CC(C)C(CN)CNC1CCN(C)C1=O. The van der Waals surface area contributed by atoms with Crippen molar-refractivity contribution in [1.29, 1.82) is 0 Å². The Hall–Kier alpha value is -0.610. The Bertz CT molecular complexity index is 218. The smallest absolute Gasteiger partial charge is 0.239 e. The van der Waals surface area contributed by atoms with Crippen molar-refractivity contribution in [1.82, 2.24) is 10.2 Å². The van der Waals surface area contributed by atoms with Crippen LogP contribution in [0.3, 0.4) is 0 Å². The first-order chi connectivity index (χ1) is 7.06. The van der Waals surface area contributed by atoms with Crippen LogP contribution >= 0.6 is 0 Å². The molecule has 1 aliphatic heterocycles. The van der Waals surface area contributed by atoms with Gasteiger partial charge < -0.3 is 16.0 Å². The van der Waals surface area contributed by atoms with Crippen molar-refractivity contribution < 1.29 is 4.79 Å². The van der Waals surface area contributed by atoms with Crippen molar-refractivity contribution in [2.45, 2.75) is 26.3 Å². The highest BCUT2D eigenvalue weighted by molar-refractivity contribution is 5.83. The predicted octanol–water partition coefficient (Wildman–Crippen LogP) is 0.0376. The minimum absolute atomic E-state index is 0.0165. The fraction of sp³-hybridized carbons (Fsp3) is 0.909. The fourth-order valence-electron chi connectivity index (χ4n) is 1.90. The Morgan fingerprint density at radius 2 is 2.27 bits per heavy atom. The summed E-state index contributed by atoms with van der Waals surface area (Å²) < 4.78 is 0. The topological polar surface area (TPSA) is 58.4 Å². The minimum atomic E-state index is 0.0165. The Kier molecular flexibility index (Phi) is 4.54. The average Bonchev–Trinajstić information content (AvgIpc) is 2.49. The molecule has 2 atom stereocenters. The second kappa shape index (κ2) is 5.47. The van der Waals surface area contributed by atoms with Crippen LogP contribution in [0.25, 0.3) is 0 Å². The largest absolute Gasteiger partial charge is 0.344 e. The quantitative estimate of drug-likeness (QED) is 0.678. The molecule has 1 rings (SSSR count). The molecule has 0 spiro atoms. The molecule has 1 aliphatic rings. The monoisotopic (exact) mass is 213 g/mol. The summed E-state index contributed by atoms with van der Waals surface area (Å²) in [6.45, 7) is 6.73. The van der Waals surface area contributed by atoms with Crippen molar-refractivity contribution in [2.75, 3.05) is 26.7 Å². The molecule has 0 bridgehead atoms. The van der Waals surface area contributed by atoms with Crippen LogP contribution in [-0.2, 0) is 4.79 Å². The number of hydrogen-bond acceptors (Lipinski definition) is 3. The van der Waals surface area contributed by atoms with Crippen LogP contribution < -0.4 is 11.1 Å². The maximum Gasteiger partial charge on any atom is 0.239 e. The lowest BCUT2D eigenvalue weighted by Gasteiger charge is -2.21. The molecule has 1 saturated heterocycles. The van der Waals surface area contributed by atoms with Crippen LogP contribution in [0.4, 0.5) is 0 Å². The van der Waals surface area contributed by atoms with Crippen molar-refractivity contribution >= 4 is 5.91 Å². The average molecular weight is 213 g/mol. The van der Waals surface area contributed by atoms with Gasteiger partial charge in [-0.2, -0.15) is 0 Å². The molecule has 3 N–H and O–H groups in total. The predicted molar refractivity (Wildman–Crippen MR) is 61.4 cm³/mol.